The van der Waals surface area contributed by atoms with Crippen LogP contribution in [0, 0.1) is 12.7 Å². The summed E-state index contributed by atoms with van der Waals surface area (Å²) in [6.07, 6.45) is -1.14. The van der Waals surface area contributed by atoms with E-state index >= 15 is 0 Å². The molecular weight excluding hydrogens is 357 g/mol. The van der Waals surface area contributed by atoms with Crippen LogP contribution >= 0.6 is 0 Å². The van der Waals surface area contributed by atoms with Crippen LogP contribution in [0.4, 0.5) is 10.1 Å². The molecule has 28 heavy (non-hydrogen) atoms. The molecule has 3 aromatic rings. The molecule has 0 spiro atoms. The summed E-state index contributed by atoms with van der Waals surface area (Å²) in [5.74, 6) is -1.39. The summed E-state index contributed by atoms with van der Waals surface area (Å²) in [7, 11) is 0. The molecule has 142 valence electrons. The SMILES string of the molecule is Cc1ccc(NC(=O)[C@@H](OC(=O)Cc2ccc(F)cc2)c2ccccc2)cc1. The number of carbonyl (C=O) groups excluding carboxylic acids is 2. The van der Waals surface area contributed by atoms with Crippen molar-refractivity contribution in [1.82, 2.24) is 0 Å². The first-order chi connectivity index (χ1) is 13.5. The van der Waals surface area contributed by atoms with Gasteiger partial charge in [-0.2, -0.15) is 0 Å². The van der Waals surface area contributed by atoms with Gasteiger partial charge in [0.25, 0.3) is 5.91 Å². The summed E-state index contributed by atoms with van der Waals surface area (Å²) < 4.78 is 18.5. The molecule has 0 radical (unpaired) electrons. The van der Waals surface area contributed by atoms with Crippen LogP contribution in [0.5, 0.6) is 0 Å². The molecule has 0 fully saturated rings. The highest BCUT2D eigenvalue weighted by molar-refractivity contribution is 5.96. The molecule has 0 unspecified atom stereocenters. The first kappa shape index (κ1) is 19.3. The van der Waals surface area contributed by atoms with E-state index in [1.54, 1.807) is 36.4 Å². The minimum absolute atomic E-state index is 0.0541. The van der Waals surface area contributed by atoms with E-state index in [1.165, 1.54) is 24.3 Å². The van der Waals surface area contributed by atoms with E-state index in [-0.39, 0.29) is 12.2 Å². The number of anilines is 1. The van der Waals surface area contributed by atoms with Crippen molar-refractivity contribution < 1.29 is 18.7 Å². The molecule has 1 amide bonds. The van der Waals surface area contributed by atoms with Crippen molar-refractivity contribution in [3.8, 4) is 0 Å². The zero-order valence-electron chi connectivity index (χ0n) is 15.4. The number of hydrogen-bond donors (Lipinski definition) is 1. The second kappa shape index (κ2) is 8.95. The first-order valence-electron chi connectivity index (χ1n) is 8.87. The molecule has 3 aromatic carbocycles. The average Bonchev–Trinajstić information content (AvgIpc) is 2.70. The average molecular weight is 377 g/mol. The van der Waals surface area contributed by atoms with Gasteiger partial charge in [-0.3, -0.25) is 9.59 Å². The largest absolute Gasteiger partial charge is 0.447 e. The summed E-state index contributed by atoms with van der Waals surface area (Å²) in [5.41, 5.74) is 2.87. The van der Waals surface area contributed by atoms with Gasteiger partial charge in [0.05, 0.1) is 6.42 Å². The third kappa shape index (κ3) is 5.27. The third-order valence-corrected chi connectivity index (χ3v) is 4.17. The van der Waals surface area contributed by atoms with E-state index in [0.29, 0.717) is 16.8 Å². The maximum absolute atomic E-state index is 13.0. The predicted octanol–water partition coefficient (Wildman–Crippen LogP) is 4.60. The highest BCUT2D eigenvalue weighted by Crippen LogP contribution is 2.21. The lowest BCUT2D eigenvalue weighted by atomic mass is 10.1. The topological polar surface area (TPSA) is 55.4 Å². The summed E-state index contributed by atoms with van der Waals surface area (Å²) in [6, 6.07) is 21.7. The van der Waals surface area contributed by atoms with Crippen LogP contribution in [-0.2, 0) is 20.7 Å². The van der Waals surface area contributed by atoms with Crippen LogP contribution < -0.4 is 5.32 Å². The lowest BCUT2D eigenvalue weighted by Gasteiger charge is -2.18. The van der Waals surface area contributed by atoms with Gasteiger partial charge in [-0.15, -0.1) is 0 Å². The number of carbonyl (C=O) groups is 2. The van der Waals surface area contributed by atoms with Crippen molar-refractivity contribution in [3.63, 3.8) is 0 Å². The van der Waals surface area contributed by atoms with Gasteiger partial charge in [0.2, 0.25) is 6.10 Å². The van der Waals surface area contributed by atoms with Gasteiger partial charge in [0, 0.05) is 11.3 Å². The fourth-order valence-corrected chi connectivity index (χ4v) is 2.69. The molecule has 1 N–H and O–H groups in total. The predicted molar refractivity (Wildman–Crippen MR) is 105 cm³/mol. The number of nitrogens with one attached hydrogen (secondary N) is 1. The van der Waals surface area contributed by atoms with Gasteiger partial charge in [0.15, 0.2) is 0 Å². The van der Waals surface area contributed by atoms with Gasteiger partial charge in [-0.25, -0.2) is 4.39 Å². The minimum Gasteiger partial charge on any atom is -0.447 e. The normalized spacial score (nSPS) is 11.5. The fourth-order valence-electron chi connectivity index (χ4n) is 2.69. The van der Waals surface area contributed by atoms with Crippen LogP contribution in [0.3, 0.4) is 0 Å². The number of ether oxygens (including phenoxy) is 1. The second-order valence-corrected chi connectivity index (χ2v) is 6.44. The standard InChI is InChI=1S/C23H20FNO3/c1-16-7-13-20(14-8-16)25-23(27)22(18-5-3-2-4-6-18)28-21(26)15-17-9-11-19(24)12-10-17/h2-14,22H,15H2,1H3,(H,25,27)/t22-/m0/s1. The van der Waals surface area contributed by atoms with Crippen LogP contribution in [0.1, 0.15) is 22.8 Å². The molecule has 0 aliphatic rings. The molecule has 1 atom stereocenters. The molecule has 0 bridgehead atoms. The van der Waals surface area contributed by atoms with Crippen LogP contribution in [-0.4, -0.2) is 11.9 Å². The number of hydrogen-bond acceptors (Lipinski definition) is 3. The molecule has 3 rings (SSSR count). The maximum Gasteiger partial charge on any atom is 0.311 e. The van der Waals surface area contributed by atoms with E-state index in [2.05, 4.69) is 5.32 Å². The monoisotopic (exact) mass is 377 g/mol. The number of halogens is 1. The number of benzene rings is 3. The minimum atomic E-state index is -1.09. The molecule has 0 saturated heterocycles. The van der Waals surface area contributed by atoms with Crippen molar-refractivity contribution in [3.05, 3.63) is 101 Å². The van der Waals surface area contributed by atoms with Gasteiger partial charge >= 0.3 is 5.97 Å². The first-order valence-corrected chi connectivity index (χ1v) is 8.87. The Hall–Kier alpha value is -3.47. The number of amides is 1. The van der Waals surface area contributed by atoms with Gasteiger partial charge < -0.3 is 10.1 Å². The number of aryl methyl sites for hydroxylation is 1. The molecule has 4 nitrogen and oxygen atoms in total. The Morgan fingerprint density at radius 1 is 0.929 bits per heavy atom. The lowest BCUT2D eigenvalue weighted by Crippen LogP contribution is -2.26. The molecule has 0 aliphatic heterocycles. The van der Waals surface area contributed by atoms with E-state index in [1.807, 2.05) is 25.1 Å². The highest BCUT2D eigenvalue weighted by atomic mass is 19.1. The quantitative estimate of drug-likeness (QED) is 0.639. The smallest absolute Gasteiger partial charge is 0.311 e. The van der Waals surface area contributed by atoms with Crippen LogP contribution in [0.25, 0.3) is 0 Å². The van der Waals surface area contributed by atoms with Crippen LogP contribution in [0.2, 0.25) is 0 Å². The maximum atomic E-state index is 13.0. The van der Waals surface area contributed by atoms with Crippen LogP contribution in [0.15, 0.2) is 78.9 Å². The lowest BCUT2D eigenvalue weighted by molar-refractivity contribution is -0.154. The van der Waals surface area contributed by atoms with Crippen molar-refractivity contribution in [1.29, 1.82) is 0 Å². The van der Waals surface area contributed by atoms with E-state index in [0.717, 1.165) is 5.56 Å². The molecule has 5 heteroatoms. The summed E-state index contributed by atoms with van der Waals surface area (Å²) in [4.78, 5) is 25.2. The summed E-state index contributed by atoms with van der Waals surface area (Å²) in [5, 5.41) is 2.78. The number of esters is 1. The molecule has 0 saturated carbocycles. The van der Waals surface area contributed by atoms with Gasteiger partial charge in [-0.05, 0) is 36.8 Å². The number of rotatable bonds is 6. The zero-order valence-corrected chi connectivity index (χ0v) is 15.4. The van der Waals surface area contributed by atoms with Crippen molar-refractivity contribution in [2.24, 2.45) is 0 Å². The van der Waals surface area contributed by atoms with Crippen molar-refractivity contribution in [2.75, 3.05) is 5.32 Å². The molecule has 0 heterocycles. The summed E-state index contributed by atoms with van der Waals surface area (Å²) in [6.45, 7) is 1.95. The summed E-state index contributed by atoms with van der Waals surface area (Å²) >= 11 is 0. The van der Waals surface area contributed by atoms with Gasteiger partial charge in [0.1, 0.15) is 5.82 Å². The van der Waals surface area contributed by atoms with E-state index in [4.69, 9.17) is 4.74 Å². The Balaban J connectivity index is 1.75. The highest BCUT2D eigenvalue weighted by Gasteiger charge is 2.25. The van der Waals surface area contributed by atoms with Crippen molar-refractivity contribution >= 4 is 17.6 Å². The Bertz CT molecular complexity index is 938. The molecule has 0 aromatic heterocycles. The molecular formula is C23H20FNO3. The van der Waals surface area contributed by atoms with E-state index < -0.39 is 18.0 Å². The fraction of sp³-hybridized carbons (Fsp3) is 0.130. The van der Waals surface area contributed by atoms with Gasteiger partial charge in [-0.1, -0.05) is 60.2 Å². The third-order valence-electron chi connectivity index (χ3n) is 4.17. The Morgan fingerprint density at radius 3 is 2.21 bits per heavy atom. The van der Waals surface area contributed by atoms with E-state index in [9.17, 15) is 14.0 Å². The Morgan fingerprint density at radius 2 is 1.57 bits per heavy atom. The molecule has 0 aliphatic carbocycles. The van der Waals surface area contributed by atoms with Crippen molar-refractivity contribution in [2.45, 2.75) is 19.4 Å². The zero-order chi connectivity index (χ0) is 19.9. The second-order valence-electron chi connectivity index (χ2n) is 6.44. The Kier molecular flexibility index (Phi) is 6.17. The Labute approximate surface area is 163 Å².